The van der Waals surface area contributed by atoms with E-state index < -0.39 is 5.60 Å². The number of aromatic nitrogens is 2. The highest BCUT2D eigenvalue weighted by Gasteiger charge is 2.29. The Labute approximate surface area is 107 Å². The number of nitrogens with zero attached hydrogens (tertiary/aromatic N) is 3. The third-order valence-electron chi connectivity index (χ3n) is 3.42. The van der Waals surface area contributed by atoms with E-state index in [2.05, 4.69) is 15.5 Å². The number of aliphatic hydroxyl groups is 1. The van der Waals surface area contributed by atoms with Crippen LogP contribution in [0.2, 0.25) is 0 Å². The van der Waals surface area contributed by atoms with E-state index in [9.17, 15) is 5.11 Å². The second kappa shape index (κ2) is 5.24. The van der Waals surface area contributed by atoms with Crippen molar-refractivity contribution in [2.24, 2.45) is 0 Å². The second-order valence-corrected chi connectivity index (χ2v) is 5.19. The summed E-state index contributed by atoms with van der Waals surface area (Å²) in [5.74, 6) is 0.615. The molecule has 0 bridgehead atoms. The highest BCUT2D eigenvalue weighted by atomic mass is 16.4. The zero-order valence-electron chi connectivity index (χ0n) is 11.3. The van der Waals surface area contributed by atoms with Gasteiger partial charge in [-0.05, 0) is 33.2 Å². The minimum absolute atomic E-state index is 0.0733. The van der Waals surface area contributed by atoms with E-state index in [1.807, 2.05) is 25.7 Å². The van der Waals surface area contributed by atoms with Gasteiger partial charge in [0.25, 0.3) is 0 Å². The Morgan fingerprint density at radius 3 is 2.72 bits per heavy atom. The normalized spacial score (nSPS) is 21.0. The third kappa shape index (κ3) is 3.00. The first-order valence-corrected chi connectivity index (χ1v) is 6.56. The molecule has 1 unspecified atom stereocenters. The molecule has 6 heteroatoms. The maximum Gasteiger partial charge on any atom is 0.318 e. The molecule has 2 rings (SSSR count). The number of hydrogen-bond acceptors (Lipinski definition) is 6. The van der Waals surface area contributed by atoms with Crippen LogP contribution >= 0.6 is 0 Å². The molecule has 6 nitrogen and oxygen atoms in total. The van der Waals surface area contributed by atoms with Crippen LogP contribution in [0.4, 0.5) is 6.01 Å². The van der Waals surface area contributed by atoms with Gasteiger partial charge in [0.05, 0.1) is 11.6 Å². The topological polar surface area (TPSA) is 74.4 Å². The van der Waals surface area contributed by atoms with Crippen LogP contribution in [0.15, 0.2) is 4.42 Å². The predicted molar refractivity (Wildman–Crippen MR) is 68.5 cm³/mol. The van der Waals surface area contributed by atoms with Crippen molar-refractivity contribution in [1.29, 1.82) is 0 Å². The maximum atomic E-state index is 9.90. The molecule has 1 aliphatic rings. The van der Waals surface area contributed by atoms with Gasteiger partial charge < -0.3 is 19.7 Å². The number of piperidine rings is 1. The average molecular weight is 254 g/mol. The van der Waals surface area contributed by atoms with Crippen LogP contribution in [0.25, 0.3) is 0 Å². The molecule has 1 fully saturated rings. The summed E-state index contributed by atoms with van der Waals surface area (Å²) in [6, 6.07) is 0.634. The molecule has 102 valence electrons. The summed E-state index contributed by atoms with van der Waals surface area (Å²) < 4.78 is 5.67. The van der Waals surface area contributed by atoms with E-state index in [0.29, 0.717) is 11.9 Å². The molecule has 2 N–H and O–H groups in total. The Morgan fingerprint density at radius 2 is 2.11 bits per heavy atom. The highest BCUT2D eigenvalue weighted by molar-refractivity contribution is 5.25. The molecule has 1 aromatic rings. The average Bonchev–Trinajstić information content (AvgIpc) is 2.79. The summed E-state index contributed by atoms with van der Waals surface area (Å²) in [5, 5.41) is 21.3. The molecule has 0 radical (unpaired) electrons. The smallest absolute Gasteiger partial charge is 0.318 e. The Hall–Kier alpha value is -1.14. The van der Waals surface area contributed by atoms with Gasteiger partial charge in [-0.1, -0.05) is 12.0 Å². The molecule has 0 amide bonds. The van der Waals surface area contributed by atoms with Crippen LogP contribution in [0.3, 0.4) is 0 Å². The van der Waals surface area contributed by atoms with Crippen molar-refractivity contribution in [3.05, 3.63) is 5.89 Å². The van der Waals surface area contributed by atoms with Gasteiger partial charge in [0.1, 0.15) is 0 Å². The first kappa shape index (κ1) is 13.3. The number of rotatable bonds is 4. The fraction of sp³-hybridized carbons (Fsp3) is 0.833. The van der Waals surface area contributed by atoms with Crippen LogP contribution in [0, 0.1) is 0 Å². The van der Waals surface area contributed by atoms with Crippen molar-refractivity contribution in [2.45, 2.75) is 45.3 Å². The largest absolute Gasteiger partial charge is 0.406 e. The van der Waals surface area contributed by atoms with Crippen molar-refractivity contribution in [3.8, 4) is 0 Å². The van der Waals surface area contributed by atoms with Gasteiger partial charge in [0, 0.05) is 13.1 Å². The zero-order valence-corrected chi connectivity index (χ0v) is 11.3. The van der Waals surface area contributed by atoms with Crippen molar-refractivity contribution in [3.63, 3.8) is 0 Å². The molecule has 0 aromatic carbocycles. The molecule has 1 aliphatic heterocycles. The van der Waals surface area contributed by atoms with Crippen LogP contribution in [-0.4, -0.2) is 40.5 Å². The summed E-state index contributed by atoms with van der Waals surface area (Å²) in [6.45, 7) is 8.29. The Balaban J connectivity index is 1.98. The van der Waals surface area contributed by atoms with Gasteiger partial charge in [0.2, 0.25) is 5.89 Å². The van der Waals surface area contributed by atoms with Crippen LogP contribution in [0.1, 0.15) is 45.5 Å². The minimum Gasteiger partial charge on any atom is -0.406 e. The SMILES string of the molecule is CCNC(C)c1nnc(N2CCC(C)(O)CC2)o1. The Bertz CT molecular complexity index is 381. The molecule has 0 saturated carbocycles. The summed E-state index contributed by atoms with van der Waals surface area (Å²) in [7, 11) is 0. The van der Waals surface area contributed by atoms with Gasteiger partial charge >= 0.3 is 6.01 Å². The van der Waals surface area contributed by atoms with Crippen molar-refractivity contribution < 1.29 is 9.52 Å². The Kier molecular flexibility index (Phi) is 3.87. The molecule has 18 heavy (non-hydrogen) atoms. The second-order valence-electron chi connectivity index (χ2n) is 5.19. The van der Waals surface area contributed by atoms with Gasteiger partial charge in [0.15, 0.2) is 0 Å². The van der Waals surface area contributed by atoms with Crippen molar-refractivity contribution in [1.82, 2.24) is 15.5 Å². The fourth-order valence-corrected chi connectivity index (χ4v) is 2.10. The van der Waals surface area contributed by atoms with E-state index in [1.165, 1.54) is 0 Å². The van der Waals surface area contributed by atoms with E-state index in [0.717, 1.165) is 32.5 Å². The summed E-state index contributed by atoms with van der Waals surface area (Å²) in [5.41, 5.74) is -0.559. The van der Waals surface area contributed by atoms with E-state index >= 15 is 0 Å². The number of nitrogens with one attached hydrogen (secondary N) is 1. The van der Waals surface area contributed by atoms with Gasteiger partial charge in [-0.3, -0.25) is 0 Å². The molecule has 1 atom stereocenters. The monoisotopic (exact) mass is 254 g/mol. The molecule has 0 aliphatic carbocycles. The van der Waals surface area contributed by atoms with E-state index in [4.69, 9.17) is 4.42 Å². The van der Waals surface area contributed by atoms with Gasteiger partial charge in [-0.15, -0.1) is 5.10 Å². The highest BCUT2D eigenvalue weighted by Crippen LogP contribution is 2.25. The summed E-state index contributed by atoms with van der Waals surface area (Å²) >= 11 is 0. The van der Waals surface area contributed by atoms with Crippen molar-refractivity contribution >= 4 is 6.01 Å². The van der Waals surface area contributed by atoms with E-state index in [1.54, 1.807) is 0 Å². The lowest BCUT2D eigenvalue weighted by atomic mass is 9.94. The first-order valence-electron chi connectivity index (χ1n) is 6.56. The third-order valence-corrected chi connectivity index (χ3v) is 3.42. The lowest BCUT2D eigenvalue weighted by Gasteiger charge is -2.34. The summed E-state index contributed by atoms with van der Waals surface area (Å²) in [4.78, 5) is 2.03. The Morgan fingerprint density at radius 1 is 1.44 bits per heavy atom. The van der Waals surface area contributed by atoms with Gasteiger partial charge in [-0.25, -0.2) is 0 Å². The number of hydrogen-bond donors (Lipinski definition) is 2. The minimum atomic E-state index is -0.559. The molecule has 2 heterocycles. The number of anilines is 1. The lowest BCUT2D eigenvalue weighted by molar-refractivity contribution is 0.0343. The lowest BCUT2D eigenvalue weighted by Crippen LogP contribution is -2.42. The van der Waals surface area contributed by atoms with Crippen molar-refractivity contribution in [2.75, 3.05) is 24.5 Å². The predicted octanol–water partition coefficient (Wildman–Crippen LogP) is 1.09. The molecule has 0 spiro atoms. The van der Waals surface area contributed by atoms with Crippen LogP contribution in [-0.2, 0) is 0 Å². The molecular formula is C12H22N4O2. The molecular weight excluding hydrogens is 232 g/mol. The quantitative estimate of drug-likeness (QED) is 0.838. The van der Waals surface area contributed by atoms with E-state index in [-0.39, 0.29) is 6.04 Å². The summed E-state index contributed by atoms with van der Waals surface area (Å²) in [6.07, 6.45) is 1.46. The first-order chi connectivity index (χ1) is 8.52. The van der Waals surface area contributed by atoms with Crippen LogP contribution in [0.5, 0.6) is 0 Å². The fourth-order valence-electron chi connectivity index (χ4n) is 2.10. The molecule has 1 saturated heterocycles. The molecule has 1 aromatic heterocycles. The maximum absolute atomic E-state index is 9.90. The standard InChI is InChI=1S/C12H22N4O2/c1-4-13-9(2)10-14-15-11(18-10)16-7-5-12(3,17)6-8-16/h9,13,17H,4-8H2,1-3H3. The van der Waals surface area contributed by atoms with Crippen LogP contribution < -0.4 is 10.2 Å². The zero-order chi connectivity index (χ0) is 13.2. The van der Waals surface area contributed by atoms with Gasteiger partial charge in [-0.2, -0.15) is 0 Å².